The molecular formula is C24H20ClN3O2. The molecule has 0 unspecified atom stereocenters. The van der Waals surface area contributed by atoms with Crippen molar-refractivity contribution in [3.63, 3.8) is 0 Å². The molecule has 2 heterocycles. The summed E-state index contributed by atoms with van der Waals surface area (Å²) in [5.74, 6) is 0.587. The molecule has 2 aromatic heterocycles. The molecule has 0 atom stereocenters. The van der Waals surface area contributed by atoms with E-state index in [1.54, 1.807) is 42.6 Å². The Morgan fingerprint density at radius 1 is 1.13 bits per heavy atom. The molecule has 0 spiro atoms. The summed E-state index contributed by atoms with van der Waals surface area (Å²) in [6, 6.07) is 16.9. The molecular weight excluding hydrogens is 398 g/mol. The third kappa shape index (κ3) is 4.42. The molecule has 0 aliphatic heterocycles. The van der Waals surface area contributed by atoms with Crippen LogP contribution in [0.15, 0.2) is 71.3 Å². The Morgan fingerprint density at radius 3 is 2.67 bits per heavy atom. The summed E-state index contributed by atoms with van der Waals surface area (Å²) in [4.78, 5) is 20.9. The van der Waals surface area contributed by atoms with Gasteiger partial charge in [0.15, 0.2) is 11.2 Å². The van der Waals surface area contributed by atoms with Crippen molar-refractivity contribution in [1.82, 2.24) is 9.97 Å². The zero-order valence-electron chi connectivity index (χ0n) is 16.6. The number of hydrogen-bond donors (Lipinski definition) is 1. The minimum Gasteiger partial charge on any atom is -0.434 e. The number of nitrogens with zero attached hydrogens (tertiary/aromatic N) is 2. The maximum atomic E-state index is 12.4. The summed E-state index contributed by atoms with van der Waals surface area (Å²) in [7, 11) is 0. The van der Waals surface area contributed by atoms with E-state index < -0.39 is 0 Å². The van der Waals surface area contributed by atoms with Crippen LogP contribution in [0.4, 0.5) is 5.69 Å². The van der Waals surface area contributed by atoms with E-state index in [9.17, 15) is 4.79 Å². The fourth-order valence-electron chi connectivity index (χ4n) is 3.00. The second kappa shape index (κ2) is 8.51. The average Bonchev–Trinajstić information content (AvgIpc) is 3.18. The minimum absolute atomic E-state index is 0.240. The first kappa shape index (κ1) is 19.9. The van der Waals surface area contributed by atoms with Gasteiger partial charge in [0, 0.05) is 18.0 Å². The van der Waals surface area contributed by atoms with Gasteiger partial charge in [0.25, 0.3) is 0 Å². The minimum atomic E-state index is -0.240. The summed E-state index contributed by atoms with van der Waals surface area (Å²) >= 11 is 6.32. The van der Waals surface area contributed by atoms with E-state index in [1.807, 2.05) is 12.1 Å². The molecule has 0 aliphatic carbocycles. The number of carbonyl (C=O) groups is 1. The zero-order valence-corrected chi connectivity index (χ0v) is 17.4. The van der Waals surface area contributed by atoms with Crippen LogP contribution in [0.2, 0.25) is 5.02 Å². The van der Waals surface area contributed by atoms with Gasteiger partial charge in [-0.05, 0) is 53.5 Å². The lowest BCUT2D eigenvalue weighted by Gasteiger charge is -2.06. The number of rotatable bonds is 5. The molecule has 1 N–H and O–H groups in total. The zero-order chi connectivity index (χ0) is 21.1. The number of carbonyl (C=O) groups excluding carboxylic acids is 1. The van der Waals surface area contributed by atoms with E-state index in [2.05, 4.69) is 41.3 Å². The van der Waals surface area contributed by atoms with E-state index in [0.29, 0.717) is 39.3 Å². The van der Waals surface area contributed by atoms with E-state index in [4.69, 9.17) is 16.0 Å². The van der Waals surface area contributed by atoms with Crippen molar-refractivity contribution in [3.8, 4) is 11.5 Å². The normalized spacial score (nSPS) is 11.5. The van der Waals surface area contributed by atoms with Crippen molar-refractivity contribution < 1.29 is 9.21 Å². The number of halogens is 1. The van der Waals surface area contributed by atoms with Gasteiger partial charge >= 0.3 is 0 Å². The van der Waals surface area contributed by atoms with Gasteiger partial charge in [0.05, 0.1) is 10.6 Å². The van der Waals surface area contributed by atoms with Gasteiger partial charge in [-0.25, -0.2) is 4.98 Å². The highest BCUT2D eigenvalue weighted by atomic mass is 35.5. The van der Waals surface area contributed by atoms with Gasteiger partial charge in [-0.1, -0.05) is 49.7 Å². The SMILES string of the molecule is CC(C)c1ccc(C=CC(=O)Nc2ccc(Cl)c(-c3nc4ncccc4o3)c2)cc1. The highest BCUT2D eigenvalue weighted by Gasteiger charge is 2.13. The number of nitrogens with one attached hydrogen (secondary N) is 1. The van der Waals surface area contributed by atoms with E-state index in [-0.39, 0.29) is 5.91 Å². The van der Waals surface area contributed by atoms with Crippen LogP contribution >= 0.6 is 11.6 Å². The molecule has 0 saturated carbocycles. The van der Waals surface area contributed by atoms with Crippen molar-refractivity contribution in [1.29, 1.82) is 0 Å². The molecule has 30 heavy (non-hydrogen) atoms. The van der Waals surface area contributed by atoms with Crippen LogP contribution in [0.1, 0.15) is 30.9 Å². The van der Waals surface area contributed by atoms with E-state index in [0.717, 1.165) is 5.56 Å². The number of aromatic nitrogens is 2. The van der Waals surface area contributed by atoms with Gasteiger partial charge in [0.1, 0.15) is 0 Å². The van der Waals surface area contributed by atoms with Gasteiger partial charge in [-0.2, -0.15) is 4.98 Å². The van der Waals surface area contributed by atoms with E-state index in [1.165, 1.54) is 11.6 Å². The number of hydrogen-bond acceptors (Lipinski definition) is 4. The van der Waals surface area contributed by atoms with Gasteiger partial charge in [-0.15, -0.1) is 0 Å². The number of anilines is 1. The lowest BCUT2D eigenvalue weighted by atomic mass is 10.0. The summed E-state index contributed by atoms with van der Waals surface area (Å²) in [6.45, 7) is 4.30. The quantitative estimate of drug-likeness (QED) is 0.386. The average molecular weight is 418 g/mol. The maximum absolute atomic E-state index is 12.4. The Balaban J connectivity index is 1.50. The number of pyridine rings is 1. The molecule has 5 nitrogen and oxygen atoms in total. The van der Waals surface area contributed by atoms with Crippen molar-refractivity contribution in [2.75, 3.05) is 5.32 Å². The molecule has 0 saturated heterocycles. The Labute approximate surface area is 179 Å². The fourth-order valence-corrected chi connectivity index (χ4v) is 3.20. The van der Waals surface area contributed by atoms with Crippen LogP contribution in [0, 0.1) is 0 Å². The van der Waals surface area contributed by atoms with Crippen molar-refractivity contribution >= 4 is 40.5 Å². The Hall–Kier alpha value is -3.44. The predicted octanol–water partition coefficient (Wildman–Crippen LogP) is 6.32. The number of fused-ring (bicyclic) bond motifs is 1. The van der Waals surface area contributed by atoms with Crippen LogP contribution in [0.5, 0.6) is 0 Å². The monoisotopic (exact) mass is 417 g/mol. The van der Waals surface area contributed by atoms with Crippen LogP contribution in [-0.4, -0.2) is 15.9 Å². The molecule has 4 rings (SSSR count). The van der Waals surface area contributed by atoms with Gasteiger partial charge in [-0.3, -0.25) is 4.79 Å². The predicted molar refractivity (Wildman–Crippen MR) is 120 cm³/mol. The lowest BCUT2D eigenvalue weighted by molar-refractivity contribution is -0.111. The molecule has 2 aromatic carbocycles. The smallest absolute Gasteiger partial charge is 0.248 e. The Bertz CT molecular complexity index is 1190. The molecule has 0 radical (unpaired) electrons. The molecule has 6 heteroatoms. The van der Waals surface area contributed by atoms with Crippen molar-refractivity contribution in [3.05, 3.63) is 83.0 Å². The lowest BCUT2D eigenvalue weighted by Crippen LogP contribution is -2.07. The first-order valence-electron chi connectivity index (χ1n) is 9.60. The largest absolute Gasteiger partial charge is 0.434 e. The number of oxazole rings is 1. The molecule has 150 valence electrons. The second-order valence-corrected chi connectivity index (χ2v) is 7.59. The molecule has 0 bridgehead atoms. The topological polar surface area (TPSA) is 68.0 Å². The standard InChI is InChI=1S/C24H20ClN3O2/c1-15(2)17-8-5-16(6-9-17)7-12-22(29)27-18-10-11-20(25)19(14-18)24-28-23-21(30-24)4-3-13-26-23/h3-15H,1-2H3,(H,27,29). The molecule has 0 fully saturated rings. The highest BCUT2D eigenvalue weighted by Crippen LogP contribution is 2.31. The van der Waals surface area contributed by atoms with Crippen LogP contribution in [-0.2, 0) is 4.79 Å². The summed E-state index contributed by atoms with van der Waals surface area (Å²) in [5.41, 5.74) is 4.48. The second-order valence-electron chi connectivity index (χ2n) is 7.18. The van der Waals surface area contributed by atoms with Crippen LogP contribution in [0.25, 0.3) is 28.8 Å². The fraction of sp³-hybridized carbons (Fsp3) is 0.125. The van der Waals surface area contributed by atoms with E-state index >= 15 is 0 Å². The third-order valence-electron chi connectivity index (χ3n) is 4.66. The molecule has 1 amide bonds. The maximum Gasteiger partial charge on any atom is 0.248 e. The Morgan fingerprint density at radius 2 is 1.93 bits per heavy atom. The highest BCUT2D eigenvalue weighted by molar-refractivity contribution is 6.33. The van der Waals surface area contributed by atoms with Crippen LogP contribution in [0.3, 0.4) is 0 Å². The molecule has 0 aliphatic rings. The number of benzene rings is 2. The molecule has 4 aromatic rings. The van der Waals surface area contributed by atoms with Gasteiger partial charge < -0.3 is 9.73 Å². The third-order valence-corrected chi connectivity index (χ3v) is 4.99. The van der Waals surface area contributed by atoms with Crippen molar-refractivity contribution in [2.24, 2.45) is 0 Å². The Kier molecular flexibility index (Phi) is 5.63. The van der Waals surface area contributed by atoms with Gasteiger partial charge in [0.2, 0.25) is 11.8 Å². The number of amides is 1. The summed E-state index contributed by atoms with van der Waals surface area (Å²) in [6.07, 6.45) is 4.93. The first-order chi connectivity index (χ1) is 14.5. The summed E-state index contributed by atoms with van der Waals surface area (Å²) in [5, 5.41) is 3.32. The first-order valence-corrected chi connectivity index (χ1v) is 9.98. The van der Waals surface area contributed by atoms with Crippen molar-refractivity contribution in [2.45, 2.75) is 19.8 Å². The van der Waals surface area contributed by atoms with Crippen LogP contribution < -0.4 is 5.32 Å². The summed E-state index contributed by atoms with van der Waals surface area (Å²) < 4.78 is 5.74.